The van der Waals surface area contributed by atoms with Crippen molar-refractivity contribution in [3.05, 3.63) is 24.0 Å². The van der Waals surface area contributed by atoms with Crippen molar-refractivity contribution in [1.29, 1.82) is 0 Å². The number of aliphatic hydroxyl groups excluding tert-OH is 1. The minimum atomic E-state index is -0.233. The van der Waals surface area contributed by atoms with E-state index in [2.05, 4.69) is 15.3 Å². The Bertz CT molecular complexity index is 627. The summed E-state index contributed by atoms with van der Waals surface area (Å²) in [5.41, 5.74) is 2.62. The van der Waals surface area contributed by atoms with Gasteiger partial charge in [-0.25, -0.2) is 4.98 Å². The van der Waals surface area contributed by atoms with Crippen molar-refractivity contribution in [3.63, 3.8) is 0 Å². The van der Waals surface area contributed by atoms with E-state index in [9.17, 15) is 9.90 Å². The summed E-state index contributed by atoms with van der Waals surface area (Å²) in [7, 11) is 0. The van der Waals surface area contributed by atoms with E-state index in [0.29, 0.717) is 0 Å². The molecule has 1 amide bonds. The van der Waals surface area contributed by atoms with Gasteiger partial charge in [-0.2, -0.15) is 0 Å². The van der Waals surface area contributed by atoms with E-state index in [-0.39, 0.29) is 17.9 Å². The fraction of sp³-hybridized carbons (Fsp3) is 0.467. The first kappa shape index (κ1) is 13.1. The first-order chi connectivity index (χ1) is 9.61. The fourth-order valence-corrected chi connectivity index (χ4v) is 2.80. The third kappa shape index (κ3) is 2.67. The number of aliphatic hydroxyl groups is 1. The van der Waals surface area contributed by atoms with Crippen molar-refractivity contribution in [2.45, 2.75) is 38.7 Å². The average Bonchev–Trinajstić information content (AvgIpc) is 2.78. The van der Waals surface area contributed by atoms with Crippen molar-refractivity contribution in [3.8, 4) is 0 Å². The Kier molecular flexibility index (Phi) is 3.44. The van der Waals surface area contributed by atoms with Gasteiger partial charge in [-0.15, -0.1) is 0 Å². The summed E-state index contributed by atoms with van der Waals surface area (Å²) in [6, 6.07) is 5.68. The van der Waals surface area contributed by atoms with Crippen LogP contribution in [-0.2, 0) is 4.79 Å². The number of H-pyrrole nitrogens is 1. The first-order valence-corrected chi connectivity index (χ1v) is 7.07. The van der Waals surface area contributed by atoms with Crippen LogP contribution in [-0.4, -0.2) is 27.1 Å². The fourth-order valence-electron chi connectivity index (χ4n) is 2.80. The second-order valence-corrected chi connectivity index (χ2v) is 5.55. The standard InChI is InChI=1S/C15H19N3O2/c1-9-16-13-7-4-11(8-14(13)17-9)18-15(20)10-2-5-12(19)6-3-10/h4,7-8,10,12,19H,2-3,5-6H2,1H3,(H,16,17)(H,18,20). The van der Waals surface area contributed by atoms with Gasteiger partial charge in [0.05, 0.1) is 17.1 Å². The average molecular weight is 273 g/mol. The summed E-state index contributed by atoms with van der Waals surface area (Å²) >= 11 is 0. The van der Waals surface area contributed by atoms with Gasteiger partial charge < -0.3 is 15.4 Å². The highest BCUT2D eigenvalue weighted by atomic mass is 16.3. The van der Waals surface area contributed by atoms with Crippen LogP contribution in [0.5, 0.6) is 0 Å². The molecule has 1 aromatic heterocycles. The largest absolute Gasteiger partial charge is 0.393 e. The molecule has 0 radical (unpaired) electrons. The molecule has 5 nitrogen and oxygen atoms in total. The second kappa shape index (κ2) is 5.25. The Hall–Kier alpha value is -1.88. The number of fused-ring (bicyclic) bond motifs is 1. The number of imidazole rings is 1. The van der Waals surface area contributed by atoms with Gasteiger partial charge >= 0.3 is 0 Å². The summed E-state index contributed by atoms with van der Waals surface area (Å²) in [6.07, 6.45) is 2.73. The number of hydrogen-bond donors (Lipinski definition) is 3. The van der Waals surface area contributed by atoms with Gasteiger partial charge in [0.15, 0.2) is 0 Å². The highest BCUT2D eigenvalue weighted by molar-refractivity contribution is 5.94. The summed E-state index contributed by atoms with van der Waals surface area (Å²) < 4.78 is 0. The van der Waals surface area contributed by atoms with Crippen molar-refractivity contribution in [2.75, 3.05) is 5.32 Å². The number of aromatic nitrogens is 2. The summed E-state index contributed by atoms with van der Waals surface area (Å²) in [5, 5.41) is 12.4. The van der Waals surface area contributed by atoms with Gasteiger partial charge in [0.1, 0.15) is 5.82 Å². The molecule has 1 heterocycles. The number of carbonyl (C=O) groups excluding carboxylic acids is 1. The molecular formula is C15H19N3O2. The number of aromatic amines is 1. The zero-order valence-corrected chi connectivity index (χ0v) is 11.5. The number of hydrogen-bond acceptors (Lipinski definition) is 3. The van der Waals surface area contributed by atoms with E-state index < -0.39 is 0 Å². The molecule has 1 aliphatic carbocycles. The van der Waals surface area contributed by atoms with Crippen LogP contribution in [0.4, 0.5) is 5.69 Å². The minimum Gasteiger partial charge on any atom is -0.393 e. The third-order valence-corrected chi connectivity index (χ3v) is 3.94. The van der Waals surface area contributed by atoms with Gasteiger partial charge in [-0.05, 0) is 50.8 Å². The van der Waals surface area contributed by atoms with Crippen LogP contribution in [0, 0.1) is 12.8 Å². The quantitative estimate of drug-likeness (QED) is 0.786. The third-order valence-electron chi connectivity index (χ3n) is 3.94. The van der Waals surface area contributed by atoms with Gasteiger partial charge in [0, 0.05) is 11.6 Å². The zero-order valence-electron chi connectivity index (χ0n) is 11.5. The van der Waals surface area contributed by atoms with Crippen LogP contribution in [0.15, 0.2) is 18.2 Å². The molecule has 0 bridgehead atoms. The molecule has 5 heteroatoms. The monoisotopic (exact) mass is 273 g/mol. The maximum absolute atomic E-state index is 12.2. The molecule has 1 aliphatic rings. The predicted molar refractivity (Wildman–Crippen MR) is 77.4 cm³/mol. The number of benzene rings is 1. The Labute approximate surface area is 117 Å². The molecule has 0 aliphatic heterocycles. The second-order valence-electron chi connectivity index (χ2n) is 5.55. The number of rotatable bonds is 2. The molecule has 2 aromatic rings. The Morgan fingerprint density at radius 3 is 2.85 bits per heavy atom. The molecule has 1 aromatic carbocycles. The van der Waals surface area contributed by atoms with Crippen molar-refractivity contribution < 1.29 is 9.90 Å². The highest BCUT2D eigenvalue weighted by Gasteiger charge is 2.25. The van der Waals surface area contributed by atoms with Crippen molar-refractivity contribution in [1.82, 2.24) is 9.97 Å². The summed E-state index contributed by atoms with van der Waals surface area (Å²) in [4.78, 5) is 19.7. The predicted octanol–water partition coefficient (Wildman–Crippen LogP) is 2.36. The Morgan fingerprint density at radius 1 is 1.35 bits per heavy atom. The van der Waals surface area contributed by atoms with E-state index in [1.54, 1.807) is 0 Å². The van der Waals surface area contributed by atoms with Crippen LogP contribution < -0.4 is 5.32 Å². The molecule has 3 N–H and O–H groups in total. The van der Waals surface area contributed by atoms with Gasteiger partial charge in [-0.3, -0.25) is 4.79 Å². The summed E-state index contributed by atoms with van der Waals surface area (Å²) in [6.45, 7) is 1.91. The molecule has 0 spiro atoms. The lowest BCUT2D eigenvalue weighted by atomic mass is 9.87. The highest BCUT2D eigenvalue weighted by Crippen LogP contribution is 2.26. The smallest absolute Gasteiger partial charge is 0.227 e. The number of nitrogens with zero attached hydrogens (tertiary/aromatic N) is 1. The molecule has 106 valence electrons. The number of amides is 1. The lowest BCUT2D eigenvalue weighted by Crippen LogP contribution is -2.28. The number of aryl methyl sites for hydroxylation is 1. The van der Waals surface area contributed by atoms with Crippen LogP contribution in [0.2, 0.25) is 0 Å². The van der Waals surface area contributed by atoms with E-state index in [4.69, 9.17) is 0 Å². The first-order valence-electron chi connectivity index (χ1n) is 7.07. The Morgan fingerprint density at radius 2 is 2.10 bits per heavy atom. The van der Waals surface area contributed by atoms with Gasteiger partial charge in [0.25, 0.3) is 0 Å². The van der Waals surface area contributed by atoms with E-state index in [1.807, 2.05) is 25.1 Å². The maximum Gasteiger partial charge on any atom is 0.227 e. The number of anilines is 1. The maximum atomic E-state index is 12.2. The normalized spacial score (nSPS) is 22.9. The topological polar surface area (TPSA) is 78.0 Å². The Balaban J connectivity index is 1.70. The lowest BCUT2D eigenvalue weighted by Gasteiger charge is -2.24. The molecular weight excluding hydrogens is 254 g/mol. The van der Waals surface area contributed by atoms with Crippen LogP contribution in [0.3, 0.4) is 0 Å². The molecule has 0 atom stereocenters. The van der Waals surface area contributed by atoms with E-state index in [1.165, 1.54) is 0 Å². The molecule has 1 fully saturated rings. The number of carbonyl (C=O) groups is 1. The SMILES string of the molecule is Cc1nc2ccc(NC(=O)C3CCC(O)CC3)cc2[nH]1. The van der Waals surface area contributed by atoms with E-state index >= 15 is 0 Å². The van der Waals surface area contributed by atoms with Crippen molar-refractivity contribution >= 4 is 22.6 Å². The van der Waals surface area contributed by atoms with Crippen LogP contribution in [0.25, 0.3) is 11.0 Å². The van der Waals surface area contributed by atoms with Crippen molar-refractivity contribution in [2.24, 2.45) is 5.92 Å². The molecule has 1 saturated carbocycles. The number of nitrogens with one attached hydrogen (secondary N) is 2. The molecule has 3 rings (SSSR count). The molecule has 0 unspecified atom stereocenters. The minimum absolute atomic E-state index is 0.0117. The van der Waals surface area contributed by atoms with Crippen LogP contribution in [0.1, 0.15) is 31.5 Å². The lowest BCUT2D eigenvalue weighted by molar-refractivity contribution is -0.121. The zero-order chi connectivity index (χ0) is 14.1. The molecule has 20 heavy (non-hydrogen) atoms. The van der Waals surface area contributed by atoms with E-state index in [0.717, 1.165) is 48.2 Å². The van der Waals surface area contributed by atoms with Crippen LogP contribution >= 0.6 is 0 Å². The van der Waals surface area contributed by atoms with Gasteiger partial charge in [-0.1, -0.05) is 0 Å². The van der Waals surface area contributed by atoms with Gasteiger partial charge in [0.2, 0.25) is 5.91 Å². The summed E-state index contributed by atoms with van der Waals surface area (Å²) in [5.74, 6) is 0.926. The molecule has 0 saturated heterocycles.